The summed E-state index contributed by atoms with van der Waals surface area (Å²) in [4.78, 5) is 20.1. The number of sulfonamides is 2. The minimum absolute atomic E-state index is 0.0347. The number of carbonyl (C=O) groups excluding carboxylic acids is 1. The van der Waals surface area contributed by atoms with Crippen LogP contribution in [0.4, 0.5) is 17.3 Å². The summed E-state index contributed by atoms with van der Waals surface area (Å²) in [6, 6.07) is 19.0. The largest absolute Gasteiger partial charge is 0.322 e. The van der Waals surface area contributed by atoms with Crippen LogP contribution in [-0.4, -0.2) is 32.7 Å². The van der Waals surface area contributed by atoms with Crippen molar-refractivity contribution in [2.45, 2.75) is 9.79 Å². The number of hydrogen-bond acceptors (Lipinski definition) is 7. The Labute approximate surface area is 212 Å². The van der Waals surface area contributed by atoms with E-state index in [0.29, 0.717) is 5.69 Å². The summed E-state index contributed by atoms with van der Waals surface area (Å²) >= 11 is 6.11. The van der Waals surface area contributed by atoms with Gasteiger partial charge < -0.3 is 5.32 Å². The van der Waals surface area contributed by atoms with Crippen LogP contribution in [0, 0.1) is 0 Å². The molecule has 0 saturated carbocycles. The molecule has 0 bridgehead atoms. The van der Waals surface area contributed by atoms with Gasteiger partial charge in [-0.1, -0.05) is 29.8 Å². The number of carbonyl (C=O) groups is 1. The van der Waals surface area contributed by atoms with Gasteiger partial charge in [-0.2, -0.15) is 0 Å². The highest BCUT2D eigenvalue weighted by Gasteiger charge is 2.21. The molecule has 0 aliphatic heterocycles. The van der Waals surface area contributed by atoms with E-state index in [4.69, 9.17) is 11.6 Å². The summed E-state index contributed by atoms with van der Waals surface area (Å²) in [5.74, 6) is -0.695. The molecule has 0 spiro atoms. The first-order valence-corrected chi connectivity index (χ1v) is 13.6. The first-order valence-electron chi connectivity index (χ1n) is 10.2. The van der Waals surface area contributed by atoms with Gasteiger partial charge in [-0.3, -0.25) is 9.52 Å². The highest BCUT2D eigenvalue weighted by molar-refractivity contribution is 7.93. The van der Waals surface area contributed by atoms with E-state index in [2.05, 4.69) is 24.7 Å². The molecule has 0 radical (unpaired) electrons. The fraction of sp³-hybridized carbons (Fsp3) is 0. The Kier molecular flexibility index (Phi) is 7.20. The van der Waals surface area contributed by atoms with Gasteiger partial charge in [-0.05, 0) is 60.7 Å². The molecule has 0 aliphatic carbocycles. The summed E-state index contributed by atoms with van der Waals surface area (Å²) in [7, 11) is -8.01. The van der Waals surface area contributed by atoms with Crippen LogP contribution in [0.5, 0.6) is 0 Å². The normalized spacial score (nSPS) is 11.5. The van der Waals surface area contributed by atoms with Crippen molar-refractivity contribution in [1.82, 2.24) is 9.97 Å². The highest BCUT2D eigenvalue weighted by Crippen LogP contribution is 2.26. The summed E-state index contributed by atoms with van der Waals surface area (Å²) in [5, 5.41) is 2.54. The lowest BCUT2D eigenvalue weighted by Gasteiger charge is -2.12. The molecular weight excluding hydrogens is 526 g/mol. The van der Waals surface area contributed by atoms with Crippen molar-refractivity contribution in [2.75, 3.05) is 14.8 Å². The van der Waals surface area contributed by atoms with E-state index in [9.17, 15) is 21.6 Å². The Morgan fingerprint density at radius 1 is 0.722 bits per heavy atom. The number of amides is 1. The predicted molar refractivity (Wildman–Crippen MR) is 136 cm³/mol. The quantitative estimate of drug-likeness (QED) is 0.304. The second-order valence-corrected chi connectivity index (χ2v) is 11.0. The molecular formula is C23H18ClN5O5S2. The lowest BCUT2D eigenvalue weighted by Crippen LogP contribution is -2.17. The highest BCUT2D eigenvalue weighted by atomic mass is 35.5. The maximum absolute atomic E-state index is 12.8. The number of benzene rings is 3. The Hall–Kier alpha value is -4.00. The number of halogens is 1. The molecule has 3 aromatic carbocycles. The van der Waals surface area contributed by atoms with Crippen molar-refractivity contribution in [1.29, 1.82) is 0 Å². The molecule has 1 amide bonds. The second kappa shape index (κ2) is 10.3. The van der Waals surface area contributed by atoms with Gasteiger partial charge in [0.25, 0.3) is 26.0 Å². The number of nitrogens with zero attached hydrogens (tertiary/aromatic N) is 2. The van der Waals surface area contributed by atoms with Crippen LogP contribution in [-0.2, 0) is 20.0 Å². The molecule has 0 atom stereocenters. The van der Waals surface area contributed by atoms with Crippen LogP contribution >= 0.6 is 11.6 Å². The number of anilines is 3. The average Bonchev–Trinajstić information content (AvgIpc) is 2.85. The van der Waals surface area contributed by atoms with E-state index in [1.165, 1.54) is 48.8 Å². The molecule has 0 saturated heterocycles. The summed E-state index contributed by atoms with van der Waals surface area (Å²) in [5.41, 5.74) is 0.663. The van der Waals surface area contributed by atoms with Crippen molar-refractivity contribution < 1.29 is 21.6 Å². The lowest BCUT2D eigenvalue weighted by molar-refractivity contribution is 0.102. The molecule has 0 aliphatic rings. The zero-order valence-electron chi connectivity index (χ0n) is 18.3. The van der Waals surface area contributed by atoms with E-state index in [1.807, 2.05) is 0 Å². The zero-order chi connectivity index (χ0) is 25.8. The summed E-state index contributed by atoms with van der Waals surface area (Å²) < 4.78 is 55.3. The fourth-order valence-electron chi connectivity index (χ4n) is 3.02. The molecule has 0 unspecified atom stereocenters. The van der Waals surface area contributed by atoms with Gasteiger partial charge in [-0.25, -0.2) is 31.5 Å². The monoisotopic (exact) mass is 543 g/mol. The Morgan fingerprint density at radius 2 is 1.39 bits per heavy atom. The Bertz CT molecular complexity index is 1600. The zero-order valence-corrected chi connectivity index (χ0v) is 20.7. The van der Waals surface area contributed by atoms with Crippen LogP contribution < -0.4 is 14.8 Å². The van der Waals surface area contributed by atoms with Gasteiger partial charge in [0.15, 0.2) is 0 Å². The number of rotatable bonds is 8. The lowest BCUT2D eigenvalue weighted by atomic mass is 10.2. The van der Waals surface area contributed by atoms with Gasteiger partial charge in [0, 0.05) is 29.3 Å². The number of nitrogens with one attached hydrogen (secondary N) is 3. The maximum Gasteiger partial charge on any atom is 0.264 e. The average molecular weight is 544 g/mol. The van der Waals surface area contributed by atoms with Crippen molar-refractivity contribution in [3.63, 3.8) is 0 Å². The fourth-order valence-corrected chi connectivity index (χ4v) is 5.56. The standard InChI is InChI=1S/C23H18ClN5O5S2/c24-20-12-7-16(15-21(20)36(33,34)28-18-5-2-1-3-6-18)22(30)27-17-8-10-19(11-9-17)35(31,32)29-23-25-13-4-14-26-23/h1-15,28H,(H,27,30)(H,25,26,29). The van der Waals surface area contributed by atoms with Crippen molar-refractivity contribution >= 4 is 54.9 Å². The molecule has 36 heavy (non-hydrogen) atoms. The van der Waals surface area contributed by atoms with Gasteiger partial charge in [0.1, 0.15) is 4.90 Å². The first-order chi connectivity index (χ1) is 17.1. The minimum Gasteiger partial charge on any atom is -0.322 e. The molecule has 10 nitrogen and oxygen atoms in total. The minimum atomic E-state index is -4.07. The topological polar surface area (TPSA) is 147 Å². The van der Waals surface area contributed by atoms with Crippen molar-refractivity contribution in [3.8, 4) is 0 Å². The van der Waals surface area contributed by atoms with E-state index < -0.39 is 26.0 Å². The molecule has 1 aromatic heterocycles. The van der Waals surface area contributed by atoms with E-state index in [-0.39, 0.29) is 32.0 Å². The number of hydrogen-bond donors (Lipinski definition) is 3. The molecule has 3 N–H and O–H groups in total. The second-order valence-electron chi connectivity index (χ2n) is 7.27. The van der Waals surface area contributed by atoms with Gasteiger partial charge in [0.05, 0.1) is 9.92 Å². The summed E-state index contributed by atoms with van der Waals surface area (Å²) in [6.07, 6.45) is 2.79. The summed E-state index contributed by atoms with van der Waals surface area (Å²) in [6.45, 7) is 0. The third-order valence-electron chi connectivity index (χ3n) is 4.72. The van der Waals surface area contributed by atoms with Crippen LogP contribution in [0.2, 0.25) is 5.02 Å². The van der Waals surface area contributed by atoms with Crippen LogP contribution in [0.15, 0.2) is 101 Å². The van der Waals surface area contributed by atoms with Gasteiger partial charge in [0.2, 0.25) is 5.95 Å². The smallest absolute Gasteiger partial charge is 0.264 e. The van der Waals surface area contributed by atoms with E-state index in [1.54, 1.807) is 36.4 Å². The Balaban J connectivity index is 1.50. The Morgan fingerprint density at radius 3 is 2.06 bits per heavy atom. The SMILES string of the molecule is O=C(Nc1ccc(S(=O)(=O)Nc2ncccn2)cc1)c1ccc(Cl)c(S(=O)(=O)Nc2ccccc2)c1. The predicted octanol–water partition coefficient (Wildman–Crippen LogP) is 3.98. The van der Waals surface area contributed by atoms with Crippen LogP contribution in [0.3, 0.4) is 0 Å². The van der Waals surface area contributed by atoms with Crippen LogP contribution in [0.1, 0.15) is 10.4 Å². The molecule has 1 heterocycles. The molecule has 184 valence electrons. The molecule has 4 rings (SSSR count). The third-order valence-corrected chi connectivity index (χ3v) is 7.93. The van der Waals surface area contributed by atoms with E-state index >= 15 is 0 Å². The molecule has 13 heteroatoms. The van der Waals surface area contributed by atoms with Crippen LogP contribution in [0.25, 0.3) is 0 Å². The van der Waals surface area contributed by atoms with Gasteiger partial charge >= 0.3 is 0 Å². The third kappa shape index (κ3) is 5.97. The molecule has 4 aromatic rings. The number of aromatic nitrogens is 2. The van der Waals surface area contributed by atoms with Gasteiger partial charge in [-0.15, -0.1) is 0 Å². The van der Waals surface area contributed by atoms with E-state index in [0.717, 1.165) is 6.07 Å². The van der Waals surface area contributed by atoms with Crippen molar-refractivity contribution in [2.24, 2.45) is 0 Å². The van der Waals surface area contributed by atoms with Crippen molar-refractivity contribution in [3.05, 3.63) is 102 Å². The first kappa shape index (κ1) is 25.1. The number of para-hydroxylation sites is 1. The molecule has 0 fully saturated rings. The maximum atomic E-state index is 12.8.